The van der Waals surface area contributed by atoms with E-state index in [0.717, 1.165) is 13.0 Å². The van der Waals surface area contributed by atoms with Crippen molar-refractivity contribution in [2.75, 3.05) is 19.6 Å². The zero-order valence-electron chi connectivity index (χ0n) is 9.96. The molecule has 1 unspecified atom stereocenters. The van der Waals surface area contributed by atoms with E-state index in [9.17, 15) is 8.42 Å². The van der Waals surface area contributed by atoms with Gasteiger partial charge in [0.15, 0.2) is 0 Å². The predicted octanol–water partition coefficient (Wildman–Crippen LogP) is 1.06. The van der Waals surface area contributed by atoms with Gasteiger partial charge < -0.3 is 5.32 Å². The second kappa shape index (κ2) is 5.16. The third-order valence-electron chi connectivity index (χ3n) is 3.09. The lowest BCUT2D eigenvalue weighted by Gasteiger charge is -2.32. The Morgan fingerprint density at radius 2 is 2.06 bits per heavy atom. The van der Waals surface area contributed by atoms with Crippen molar-refractivity contribution >= 4 is 10.0 Å². The van der Waals surface area contributed by atoms with E-state index in [1.165, 1.54) is 0 Å². The summed E-state index contributed by atoms with van der Waals surface area (Å²) in [4.78, 5) is 0.386. The van der Waals surface area contributed by atoms with Crippen LogP contribution in [0.1, 0.15) is 13.3 Å². The average molecular weight is 254 g/mol. The topological polar surface area (TPSA) is 49.4 Å². The molecule has 94 valence electrons. The molecule has 0 aromatic heterocycles. The van der Waals surface area contributed by atoms with Crippen LogP contribution in [0.2, 0.25) is 0 Å². The van der Waals surface area contributed by atoms with Crippen LogP contribution in [0.3, 0.4) is 0 Å². The summed E-state index contributed by atoms with van der Waals surface area (Å²) in [6, 6.07) is 8.91. The first kappa shape index (κ1) is 12.5. The Bertz CT molecular complexity index is 459. The fraction of sp³-hybridized carbons (Fsp3) is 0.500. The Morgan fingerprint density at radius 1 is 1.35 bits per heavy atom. The van der Waals surface area contributed by atoms with Gasteiger partial charge in [0.2, 0.25) is 10.0 Å². The average Bonchev–Trinajstić information content (AvgIpc) is 2.40. The maximum absolute atomic E-state index is 12.3. The molecule has 1 atom stereocenters. The van der Waals surface area contributed by atoms with E-state index in [0.29, 0.717) is 18.0 Å². The summed E-state index contributed by atoms with van der Waals surface area (Å²) in [5.41, 5.74) is 0. The molecule has 1 saturated heterocycles. The maximum atomic E-state index is 12.3. The van der Waals surface area contributed by atoms with Crippen LogP contribution in [0, 0.1) is 0 Å². The van der Waals surface area contributed by atoms with Crippen LogP contribution in [0.15, 0.2) is 35.2 Å². The van der Waals surface area contributed by atoms with Crippen LogP contribution >= 0.6 is 0 Å². The van der Waals surface area contributed by atoms with Gasteiger partial charge in [-0.15, -0.1) is 0 Å². The molecule has 4 nitrogen and oxygen atoms in total. The van der Waals surface area contributed by atoms with Gasteiger partial charge in [0, 0.05) is 25.7 Å². The fourth-order valence-electron chi connectivity index (χ4n) is 2.03. The third-order valence-corrected chi connectivity index (χ3v) is 4.97. The standard InChI is InChI=1S/C12H18N2O2S/c1-2-11-10-14(9-8-13-11)17(15,16)12-6-4-3-5-7-12/h3-7,11,13H,2,8-10H2,1H3. The molecule has 1 aromatic carbocycles. The predicted molar refractivity (Wildman–Crippen MR) is 67.3 cm³/mol. The highest BCUT2D eigenvalue weighted by Crippen LogP contribution is 2.17. The first-order valence-electron chi connectivity index (χ1n) is 5.93. The number of nitrogens with zero attached hydrogens (tertiary/aromatic N) is 1. The van der Waals surface area contributed by atoms with E-state index in [2.05, 4.69) is 12.2 Å². The van der Waals surface area contributed by atoms with Crippen LogP contribution in [0.5, 0.6) is 0 Å². The number of rotatable bonds is 3. The normalized spacial score (nSPS) is 22.5. The molecule has 1 fully saturated rings. The molecule has 2 rings (SSSR count). The van der Waals surface area contributed by atoms with Crippen molar-refractivity contribution < 1.29 is 8.42 Å². The molecule has 0 aliphatic carbocycles. The number of sulfonamides is 1. The molecular formula is C12H18N2O2S. The van der Waals surface area contributed by atoms with Crippen molar-refractivity contribution in [1.82, 2.24) is 9.62 Å². The van der Waals surface area contributed by atoms with Crippen LogP contribution in [0.25, 0.3) is 0 Å². The quantitative estimate of drug-likeness (QED) is 0.877. The molecule has 0 spiro atoms. The van der Waals surface area contributed by atoms with Crippen molar-refractivity contribution in [3.8, 4) is 0 Å². The molecule has 1 N–H and O–H groups in total. The number of hydrogen-bond donors (Lipinski definition) is 1. The van der Waals surface area contributed by atoms with E-state index in [1.807, 2.05) is 6.07 Å². The highest BCUT2D eigenvalue weighted by Gasteiger charge is 2.28. The molecule has 1 heterocycles. The summed E-state index contributed by atoms with van der Waals surface area (Å²) in [6.07, 6.45) is 0.945. The molecule has 0 saturated carbocycles. The number of benzene rings is 1. The SMILES string of the molecule is CCC1CN(S(=O)(=O)c2ccccc2)CCN1. The lowest BCUT2D eigenvalue weighted by Crippen LogP contribution is -2.52. The summed E-state index contributed by atoms with van der Waals surface area (Å²) >= 11 is 0. The van der Waals surface area contributed by atoms with E-state index < -0.39 is 10.0 Å². The van der Waals surface area contributed by atoms with Crippen molar-refractivity contribution in [3.05, 3.63) is 30.3 Å². The summed E-state index contributed by atoms with van der Waals surface area (Å²) in [7, 11) is -3.31. The van der Waals surface area contributed by atoms with Crippen LogP contribution in [-0.2, 0) is 10.0 Å². The van der Waals surface area contributed by atoms with Gasteiger partial charge in [-0.25, -0.2) is 8.42 Å². The highest BCUT2D eigenvalue weighted by atomic mass is 32.2. The van der Waals surface area contributed by atoms with Gasteiger partial charge in [-0.3, -0.25) is 0 Å². The molecule has 0 radical (unpaired) electrons. The zero-order chi connectivity index (χ0) is 12.3. The first-order valence-corrected chi connectivity index (χ1v) is 7.37. The molecule has 1 aliphatic rings. The number of piperazine rings is 1. The van der Waals surface area contributed by atoms with Gasteiger partial charge in [0.05, 0.1) is 4.90 Å². The van der Waals surface area contributed by atoms with Crippen LogP contribution in [0.4, 0.5) is 0 Å². The van der Waals surface area contributed by atoms with Crippen LogP contribution < -0.4 is 5.32 Å². The van der Waals surface area contributed by atoms with E-state index in [4.69, 9.17) is 0 Å². The summed E-state index contributed by atoms with van der Waals surface area (Å²) in [5.74, 6) is 0. The molecular weight excluding hydrogens is 236 g/mol. The van der Waals surface area contributed by atoms with Crippen molar-refractivity contribution in [3.63, 3.8) is 0 Å². The molecule has 5 heteroatoms. The number of hydrogen-bond acceptors (Lipinski definition) is 3. The Kier molecular flexibility index (Phi) is 3.81. The van der Waals surface area contributed by atoms with Gasteiger partial charge in [-0.2, -0.15) is 4.31 Å². The lowest BCUT2D eigenvalue weighted by molar-refractivity contribution is 0.293. The highest BCUT2D eigenvalue weighted by molar-refractivity contribution is 7.89. The number of nitrogens with one attached hydrogen (secondary N) is 1. The maximum Gasteiger partial charge on any atom is 0.243 e. The Balaban J connectivity index is 2.21. The Hall–Kier alpha value is -0.910. The third kappa shape index (κ3) is 2.68. The Morgan fingerprint density at radius 3 is 2.71 bits per heavy atom. The summed E-state index contributed by atoms with van der Waals surface area (Å²) < 4.78 is 26.3. The molecule has 1 aliphatic heterocycles. The Labute approximate surface area is 103 Å². The minimum Gasteiger partial charge on any atom is -0.311 e. The van der Waals surface area contributed by atoms with Gasteiger partial charge in [-0.1, -0.05) is 25.1 Å². The lowest BCUT2D eigenvalue weighted by atomic mass is 10.2. The van der Waals surface area contributed by atoms with Gasteiger partial charge >= 0.3 is 0 Å². The summed E-state index contributed by atoms with van der Waals surface area (Å²) in [6.45, 7) is 3.91. The first-order chi connectivity index (χ1) is 8.14. The van der Waals surface area contributed by atoms with Crippen molar-refractivity contribution in [2.45, 2.75) is 24.3 Å². The molecule has 0 amide bonds. The van der Waals surface area contributed by atoms with E-state index in [-0.39, 0.29) is 6.04 Å². The molecule has 1 aromatic rings. The van der Waals surface area contributed by atoms with E-state index in [1.54, 1.807) is 28.6 Å². The minimum absolute atomic E-state index is 0.266. The molecule has 0 bridgehead atoms. The fourth-order valence-corrected chi connectivity index (χ4v) is 3.54. The summed E-state index contributed by atoms with van der Waals surface area (Å²) in [5, 5.41) is 3.32. The second-order valence-corrected chi connectivity index (χ2v) is 6.17. The largest absolute Gasteiger partial charge is 0.311 e. The second-order valence-electron chi connectivity index (χ2n) is 4.24. The van der Waals surface area contributed by atoms with Gasteiger partial charge in [-0.05, 0) is 18.6 Å². The molecule has 17 heavy (non-hydrogen) atoms. The smallest absolute Gasteiger partial charge is 0.243 e. The van der Waals surface area contributed by atoms with Crippen molar-refractivity contribution in [1.29, 1.82) is 0 Å². The van der Waals surface area contributed by atoms with Gasteiger partial charge in [0.1, 0.15) is 0 Å². The van der Waals surface area contributed by atoms with Gasteiger partial charge in [0.25, 0.3) is 0 Å². The zero-order valence-corrected chi connectivity index (χ0v) is 10.8. The monoisotopic (exact) mass is 254 g/mol. The minimum atomic E-state index is -3.31. The van der Waals surface area contributed by atoms with Crippen LogP contribution in [-0.4, -0.2) is 38.4 Å². The van der Waals surface area contributed by atoms with E-state index >= 15 is 0 Å². The van der Waals surface area contributed by atoms with Crippen molar-refractivity contribution in [2.24, 2.45) is 0 Å².